The molecule has 28 heavy (non-hydrogen) atoms. The molecule has 0 aromatic carbocycles. The van der Waals surface area contributed by atoms with Crippen LogP contribution in [0.25, 0.3) is 5.65 Å². The number of fused-ring (bicyclic) bond motifs is 1. The van der Waals surface area contributed by atoms with Gasteiger partial charge in [0.15, 0.2) is 11.4 Å². The van der Waals surface area contributed by atoms with Gasteiger partial charge in [-0.15, -0.1) is 5.10 Å². The minimum Gasteiger partial charge on any atom is -0.492 e. The molecule has 0 bridgehead atoms. The third-order valence-electron chi connectivity index (χ3n) is 5.10. The molecule has 4 rings (SSSR count). The van der Waals surface area contributed by atoms with E-state index in [1.54, 1.807) is 6.07 Å². The van der Waals surface area contributed by atoms with Gasteiger partial charge in [-0.05, 0) is 24.7 Å². The standard InChI is InChI=1S/C19H27N5O4/c1-19(2,3)10-23-14-8-13(22-7-6-12(25)9-22)21-24(14)18(28)15(17(23)27)16(26)20-11-4-5-11/h8,11-12,25,28H,4-7,9-10H2,1-3H3,(H,20,26)/t12-/m0/s1. The molecule has 2 fully saturated rings. The first-order valence-electron chi connectivity index (χ1n) is 9.73. The predicted molar refractivity (Wildman–Crippen MR) is 104 cm³/mol. The second-order valence-electron chi connectivity index (χ2n) is 9.06. The maximum Gasteiger partial charge on any atom is 0.270 e. The van der Waals surface area contributed by atoms with Crippen LogP contribution in [0, 0.1) is 5.41 Å². The zero-order chi connectivity index (χ0) is 20.2. The van der Waals surface area contributed by atoms with Crippen molar-refractivity contribution in [2.45, 2.75) is 58.7 Å². The van der Waals surface area contributed by atoms with Gasteiger partial charge in [0.05, 0.1) is 6.10 Å². The molecule has 152 valence electrons. The first-order chi connectivity index (χ1) is 13.1. The Morgan fingerprint density at radius 1 is 1.32 bits per heavy atom. The van der Waals surface area contributed by atoms with Gasteiger partial charge in [0.1, 0.15) is 5.65 Å². The number of carbonyl (C=O) groups is 1. The van der Waals surface area contributed by atoms with Crippen LogP contribution in [-0.2, 0) is 6.54 Å². The highest BCUT2D eigenvalue weighted by Crippen LogP contribution is 2.27. The molecule has 1 amide bonds. The molecule has 0 unspecified atom stereocenters. The van der Waals surface area contributed by atoms with E-state index in [1.165, 1.54) is 9.08 Å². The molecule has 1 aliphatic heterocycles. The van der Waals surface area contributed by atoms with Gasteiger partial charge in [0.2, 0.25) is 5.88 Å². The van der Waals surface area contributed by atoms with Crippen LogP contribution in [0.15, 0.2) is 10.9 Å². The molecule has 9 heteroatoms. The highest BCUT2D eigenvalue weighted by molar-refractivity contribution is 5.96. The summed E-state index contributed by atoms with van der Waals surface area (Å²) >= 11 is 0. The van der Waals surface area contributed by atoms with E-state index in [9.17, 15) is 19.8 Å². The molecule has 2 aromatic heterocycles. The summed E-state index contributed by atoms with van der Waals surface area (Å²) < 4.78 is 2.76. The maximum absolute atomic E-state index is 13.2. The smallest absolute Gasteiger partial charge is 0.270 e. The Labute approximate surface area is 162 Å². The first kappa shape index (κ1) is 18.8. The number of aromatic hydroxyl groups is 1. The number of carbonyl (C=O) groups excluding carboxylic acids is 1. The number of β-amino-alcohol motifs (C(OH)–C–C–N with tert-alkyl or cyclic N) is 1. The summed E-state index contributed by atoms with van der Waals surface area (Å²) in [4.78, 5) is 27.7. The van der Waals surface area contributed by atoms with E-state index in [0.29, 0.717) is 37.5 Å². The summed E-state index contributed by atoms with van der Waals surface area (Å²) in [5.74, 6) is -0.453. The van der Waals surface area contributed by atoms with Crippen LogP contribution in [0.1, 0.15) is 50.4 Å². The molecule has 1 saturated heterocycles. The van der Waals surface area contributed by atoms with Crippen LogP contribution in [-0.4, -0.2) is 55.5 Å². The number of hydrogen-bond donors (Lipinski definition) is 3. The van der Waals surface area contributed by atoms with Crippen LogP contribution < -0.4 is 15.8 Å². The molecule has 1 saturated carbocycles. The third-order valence-corrected chi connectivity index (χ3v) is 5.10. The largest absolute Gasteiger partial charge is 0.492 e. The number of aliphatic hydroxyl groups excluding tert-OH is 1. The average molecular weight is 389 g/mol. The monoisotopic (exact) mass is 389 g/mol. The Morgan fingerprint density at radius 3 is 2.61 bits per heavy atom. The van der Waals surface area contributed by atoms with Crippen LogP contribution in [0.5, 0.6) is 5.88 Å². The fraction of sp³-hybridized carbons (Fsp3) is 0.632. The lowest BCUT2D eigenvalue weighted by molar-refractivity contribution is 0.0944. The molecule has 1 aliphatic carbocycles. The lowest BCUT2D eigenvalue weighted by atomic mass is 9.97. The number of hydrogen-bond acceptors (Lipinski definition) is 6. The average Bonchev–Trinajstić information content (AvgIpc) is 3.12. The number of nitrogens with one attached hydrogen (secondary N) is 1. The van der Waals surface area contributed by atoms with E-state index in [1.807, 2.05) is 25.7 Å². The normalized spacial score (nSPS) is 20.1. The van der Waals surface area contributed by atoms with Crippen LogP contribution in [0.2, 0.25) is 0 Å². The van der Waals surface area contributed by atoms with Gasteiger partial charge in [-0.3, -0.25) is 14.2 Å². The first-order valence-corrected chi connectivity index (χ1v) is 9.73. The van der Waals surface area contributed by atoms with Crippen LogP contribution in [0.4, 0.5) is 5.82 Å². The van der Waals surface area contributed by atoms with Gasteiger partial charge in [-0.25, -0.2) is 0 Å². The molecule has 9 nitrogen and oxygen atoms in total. The Kier molecular flexibility index (Phi) is 4.37. The van der Waals surface area contributed by atoms with Gasteiger partial charge >= 0.3 is 0 Å². The molecule has 2 aromatic rings. The van der Waals surface area contributed by atoms with E-state index < -0.39 is 23.5 Å². The second kappa shape index (κ2) is 6.51. The Balaban J connectivity index is 1.87. The molecule has 0 radical (unpaired) electrons. The van der Waals surface area contributed by atoms with Crippen molar-refractivity contribution in [3.63, 3.8) is 0 Å². The summed E-state index contributed by atoms with van der Waals surface area (Å²) in [5, 5.41) is 27.8. The van der Waals surface area contributed by atoms with E-state index in [2.05, 4.69) is 10.4 Å². The highest BCUT2D eigenvalue weighted by Gasteiger charge is 2.31. The fourth-order valence-electron chi connectivity index (χ4n) is 3.56. The molecule has 3 heterocycles. The second-order valence-corrected chi connectivity index (χ2v) is 9.06. The SMILES string of the molecule is CC(C)(C)Cn1c(=O)c(C(=O)NC2CC2)c(O)n2nc(N3CC[C@H](O)C3)cc12. The van der Waals surface area contributed by atoms with Crippen molar-refractivity contribution in [1.82, 2.24) is 19.5 Å². The maximum atomic E-state index is 13.2. The summed E-state index contributed by atoms with van der Waals surface area (Å²) in [6.45, 7) is 7.46. The number of aromatic nitrogens is 3. The van der Waals surface area contributed by atoms with Gasteiger partial charge < -0.3 is 20.4 Å². The van der Waals surface area contributed by atoms with Crippen molar-refractivity contribution >= 4 is 17.4 Å². The quantitative estimate of drug-likeness (QED) is 0.710. The molecule has 0 spiro atoms. The van der Waals surface area contributed by atoms with Gasteiger partial charge in [0.25, 0.3) is 11.5 Å². The number of amides is 1. The van der Waals surface area contributed by atoms with Crippen molar-refractivity contribution in [2.75, 3.05) is 18.0 Å². The molecular formula is C19H27N5O4. The zero-order valence-electron chi connectivity index (χ0n) is 16.5. The summed E-state index contributed by atoms with van der Waals surface area (Å²) in [5.41, 5.74) is -0.595. The van der Waals surface area contributed by atoms with Crippen molar-refractivity contribution in [3.8, 4) is 5.88 Å². The Bertz CT molecular complexity index is 983. The highest BCUT2D eigenvalue weighted by atomic mass is 16.3. The fourth-order valence-corrected chi connectivity index (χ4v) is 3.56. The third kappa shape index (κ3) is 3.46. The number of rotatable bonds is 4. The minimum atomic E-state index is -0.566. The Morgan fingerprint density at radius 2 is 2.04 bits per heavy atom. The molecule has 2 aliphatic rings. The van der Waals surface area contributed by atoms with E-state index >= 15 is 0 Å². The number of nitrogens with zero attached hydrogens (tertiary/aromatic N) is 4. The van der Waals surface area contributed by atoms with Gasteiger partial charge in [0, 0.05) is 31.7 Å². The zero-order valence-corrected chi connectivity index (χ0v) is 16.5. The summed E-state index contributed by atoms with van der Waals surface area (Å²) in [6.07, 6.45) is 1.99. The molecule has 1 atom stereocenters. The van der Waals surface area contributed by atoms with Crippen molar-refractivity contribution < 1.29 is 15.0 Å². The topological polar surface area (TPSA) is 112 Å². The van der Waals surface area contributed by atoms with E-state index in [0.717, 1.165) is 12.8 Å². The molecular weight excluding hydrogens is 362 g/mol. The Hall–Kier alpha value is -2.55. The summed E-state index contributed by atoms with van der Waals surface area (Å²) in [6, 6.07) is 1.80. The summed E-state index contributed by atoms with van der Waals surface area (Å²) in [7, 11) is 0. The van der Waals surface area contributed by atoms with Crippen molar-refractivity contribution in [2.24, 2.45) is 5.41 Å². The molecule has 3 N–H and O–H groups in total. The minimum absolute atomic E-state index is 0.0670. The van der Waals surface area contributed by atoms with Crippen LogP contribution >= 0.6 is 0 Å². The van der Waals surface area contributed by atoms with Gasteiger partial charge in [-0.2, -0.15) is 4.52 Å². The van der Waals surface area contributed by atoms with Gasteiger partial charge in [-0.1, -0.05) is 20.8 Å². The lowest BCUT2D eigenvalue weighted by Crippen LogP contribution is -2.37. The lowest BCUT2D eigenvalue weighted by Gasteiger charge is -2.21. The number of anilines is 1. The van der Waals surface area contributed by atoms with Crippen molar-refractivity contribution in [1.29, 1.82) is 0 Å². The van der Waals surface area contributed by atoms with E-state index in [4.69, 9.17) is 0 Å². The van der Waals surface area contributed by atoms with Crippen LogP contribution in [0.3, 0.4) is 0 Å². The number of aliphatic hydroxyl groups is 1. The van der Waals surface area contributed by atoms with E-state index in [-0.39, 0.29) is 17.0 Å². The predicted octanol–water partition coefficient (Wildman–Crippen LogP) is 0.711. The van der Waals surface area contributed by atoms with Crippen molar-refractivity contribution in [3.05, 3.63) is 22.0 Å².